The maximum Gasteiger partial charge on any atom is 0.277 e. The number of nitrogens with zero attached hydrogens (tertiary/aromatic N) is 3. The maximum absolute atomic E-state index is 12.2. The largest absolute Gasteiger partial charge is 0.400 e. The highest BCUT2D eigenvalue weighted by molar-refractivity contribution is 7.30. The summed E-state index contributed by atoms with van der Waals surface area (Å²) in [5.74, 6) is 1.39. The quantitative estimate of drug-likeness (QED) is 0.525. The molecule has 0 bridgehead atoms. The summed E-state index contributed by atoms with van der Waals surface area (Å²) in [6.07, 6.45) is 4.31. The van der Waals surface area contributed by atoms with Crippen LogP contribution in [0.4, 0.5) is 5.00 Å². The molecule has 3 rings (SSSR count). The molecule has 1 aliphatic heterocycles. The second-order valence-electron chi connectivity index (χ2n) is 8.09. The summed E-state index contributed by atoms with van der Waals surface area (Å²) in [4.78, 5) is 21.5. The molecule has 0 aliphatic carbocycles. The Kier molecular flexibility index (Phi) is 9.68. The van der Waals surface area contributed by atoms with E-state index in [1.807, 2.05) is 13.0 Å². The summed E-state index contributed by atoms with van der Waals surface area (Å²) < 4.78 is 8.42. The number of aliphatic imine (C=N–C) groups is 1. The second kappa shape index (κ2) is 11.8. The fraction of sp³-hybridized carbons (Fsp3) is 0.565. The van der Waals surface area contributed by atoms with Crippen LogP contribution in [0.15, 0.2) is 22.8 Å². The Labute approximate surface area is 193 Å². The topological polar surface area (TPSA) is 65.4 Å². The van der Waals surface area contributed by atoms with E-state index in [2.05, 4.69) is 49.8 Å². The molecule has 0 saturated heterocycles. The van der Waals surface area contributed by atoms with E-state index in [4.69, 9.17) is 9.84 Å². The number of carbonyl (C=O) groups is 1. The van der Waals surface area contributed by atoms with Crippen LogP contribution in [0.1, 0.15) is 45.4 Å². The van der Waals surface area contributed by atoms with Crippen LogP contribution in [-0.2, 0) is 9.53 Å². The van der Waals surface area contributed by atoms with Gasteiger partial charge in [0.05, 0.1) is 11.1 Å². The zero-order valence-electron chi connectivity index (χ0n) is 19.6. The van der Waals surface area contributed by atoms with Crippen molar-refractivity contribution >= 4 is 54.9 Å². The Morgan fingerprint density at radius 2 is 1.87 bits per heavy atom. The van der Waals surface area contributed by atoms with Crippen molar-refractivity contribution in [2.75, 3.05) is 39.3 Å². The molecule has 8 heteroatoms. The second-order valence-corrected chi connectivity index (χ2v) is 10.3. The van der Waals surface area contributed by atoms with Crippen molar-refractivity contribution < 1.29 is 14.6 Å². The SMILES string of the molecule is CC1=N/C(=C\c2cc3sc(N(C)CCC(C)OCCC(C)C)cc3s2)C(=O)N1C.CO. The fourth-order valence-electron chi connectivity index (χ4n) is 3.02. The van der Waals surface area contributed by atoms with Gasteiger partial charge in [0.2, 0.25) is 0 Å². The number of rotatable bonds is 9. The number of hydrogen-bond acceptors (Lipinski definition) is 7. The first kappa shape index (κ1) is 25.5. The molecule has 31 heavy (non-hydrogen) atoms. The number of aliphatic hydroxyl groups is 1. The molecule has 2 aromatic heterocycles. The highest BCUT2D eigenvalue weighted by Gasteiger charge is 2.24. The number of amides is 1. The number of amidine groups is 1. The molecule has 0 fully saturated rings. The van der Waals surface area contributed by atoms with Crippen LogP contribution in [-0.4, -0.2) is 62.2 Å². The minimum Gasteiger partial charge on any atom is -0.400 e. The van der Waals surface area contributed by atoms with Crippen molar-refractivity contribution in [3.8, 4) is 0 Å². The number of aliphatic hydroxyl groups excluding tert-OH is 1. The van der Waals surface area contributed by atoms with Crippen molar-refractivity contribution in [1.82, 2.24) is 4.90 Å². The van der Waals surface area contributed by atoms with E-state index >= 15 is 0 Å². The Morgan fingerprint density at radius 3 is 2.45 bits per heavy atom. The zero-order valence-corrected chi connectivity index (χ0v) is 21.3. The van der Waals surface area contributed by atoms with Crippen LogP contribution in [0.25, 0.3) is 15.5 Å². The molecule has 6 nitrogen and oxygen atoms in total. The average molecular weight is 466 g/mol. The van der Waals surface area contributed by atoms with Gasteiger partial charge in [0, 0.05) is 48.6 Å². The minimum atomic E-state index is -0.0376. The van der Waals surface area contributed by atoms with Gasteiger partial charge in [-0.1, -0.05) is 13.8 Å². The van der Waals surface area contributed by atoms with Crippen LogP contribution < -0.4 is 4.90 Å². The molecule has 0 spiro atoms. The van der Waals surface area contributed by atoms with Crippen LogP contribution in [0.5, 0.6) is 0 Å². The van der Waals surface area contributed by atoms with E-state index in [0.717, 1.165) is 43.8 Å². The molecular formula is C23H35N3O3S2. The third kappa shape index (κ3) is 6.87. The van der Waals surface area contributed by atoms with Crippen molar-refractivity contribution in [1.29, 1.82) is 0 Å². The maximum atomic E-state index is 12.2. The third-order valence-electron chi connectivity index (χ3n) is 5.13. The van der Waals surface area contributed by atoms with Crippen molar-refractivity contribution in [3.05, 3.63) is 22.7 Å². The Hall–Kier alpha value is -1.74. The molecule has 172 valence electrons. The van der Waals surface area contributed by atoms with Crippen molar-refractivity contribution in [2.24, 2.45) is 10.9 Å². The lowest BCUT2D eigenvalue weighted by Gasteiger charge is -2.20. The molecule has 1 unspecified atom stereocenters. The van der Waals surface area contributed by atoms with E-state index in [1.54, 1.807) is 34.6 Å². The number of carbonyl (C=O) groups excluding carboxylic acids is 1. The summed E-state index contributed by atoms with van der Waals surface area (Å²) in [6, 6.07) is 4.40. The Morgan fingerprint density at radius 1 is 1.19 bits per heavy atom. The Balaban J connectivity index is 0.00000166. The van der Waals surface area contributed by atoms with E-state index < -0.39 is 0 Å². The first-order valence-corrected chi connectivity index (χ1v) is 12.2. The van der Waals surface area contributed by atoms with Gasteiger partial charge < -0.3 is 14.7 Å². The molecule has 1 N–H and O–H groups in total. The minimum absolute atomic E-state index is 0.0376. The Bertz CT molecular complexity index is 898. The fourth-order valence-corrected chi connectivity index (χ4v) is 5.34. The molecule has 2 aromatic rings. The van der Waals surface area contributed by atoms with Gasteiger partial charge in [-0.15, -0.1) is 22.7 Å². The third-order valence-corrected chi connectivity index (χ3v) is 7.48. The summed E-state index contributed by atoms with van der Waals surface area (Å²) in [6.45, 7) is 10.3. The average Bonchev–Trinajstić information content (AvgIpc) is 3.36. The van der Waals surface area contributed by atoms with Gasteiger partial charge in [-0.3, -0.25) is 9.69 Å². The standard InChI is InChI=1S/C22H31N3O2S2.CH4O/c1-14(2)8-10-27-15(3)7-9-24(5)21-13-20-19(29-21)12-17(28-20)11-18-22(26)25(6)16(4)23-18;1-2/h11-15H,7-10H2,1-6H3;2H,1H3/b18-11-;. The summed E-state index contributed by atoms with van der Waals surface area (Å²) in [5, 5.41) is 8.27. The lowest BCUT2D eigenvalue weighted by atomic mass is 10.1. The summed E-state index contributed by atoms with van der Waals surface area (Å²) in [7, 11) is 4.90. The van der Waals surface area contributed by atoms with Crippen molar-refractivity contribution in [3.63, 3.8) is 0 Å². The lowest BCUT2D eigenvalue weighted by molar-refractivity contribution is -0.121. The molecular weight excluding hydrogens is 430 g/mol. The molecule has 1 amide bonds. The molecule has 1 aliphatic rings. The van der Waals surface area contributed by atoms with Gasteiger partial charge >= 0.3 is 0 Å². The van der Waals surface area contributed by atoms with Gasteiger partial charge in [-0.05, 0) is 50.8 Å². The zero-order chi connectivity index (χ0) is 23.1. The number of likely N-dealkylation sites (N-methyl/N-ethyl adjacent to an activating group) is 1. The number of hydrogen-bond donors (Lipinski definition) is 1. The number of ether oxygens (including phenoxy) is 1. The van der Waals surface area contributed by atoms with E-state index in [9.17, 15) is 4.79 Å². The van der Waals surface area contributed by atoms with Gasteiger partial charge in [0.15, 0.2) is 0 Å². The summed E-state index contributed by atoms with van der Waals surface area (Å²) >= 11 is 3.50. The number of fused-ring (bicyclic) bond motifs is 1. The molecule has 0 saturated carbocycles. The predicted molar refractivity (Wildman–Crippen MR) is 134 cm³/mol. The lowest BCUT2D eigenvalue weighted by Crippen LogP contribution is -2.25. The highest BCUT2D eigenvalue weighted by Crippen LogP contribution is 2.38. The van der Waals surface area contributed by atoms with Gasteiger partial charge in [-0.2, -0.15) is 0 Å². The number of anilines is 1. The molecule has 0 radical (unpaired) electrons. The van der Waals surface area contributed by atoms with E-state index in [-0.39, 0.29) is 12.0 Å². The van der Waals surface area contributed by atoms with E-state index in [1.165, 1.54) is 14.4 Å². The first-order valence-electron chi connectivity index (χ1n) is 10.6. The van der Waals surface area contributed by atoms with Crippen LogP contribution in [0, 0.1) is 5.92 Å². The van der Waals surface area contributed by atoms with Crippen molar-refractivity contribution in [2.45, 2.75) is 46.6 Å². The van der Waals surface area contributed by atoms with Gasteiger partial charge in [0.25, 0.3) is 5.91 Å². The smallest absolute Gasteiger partial charge is 0.277 e. The normalized spacial score (nSPS) is 16.2. The van der Waals surface area contributed by atoms with Crippen LogP contribution in [0.2, 0.25) is 0 Å². The highest BCUT2D eigenvalue weighted by atomic mass is 32.1. The summed E-state index contributed by atoms with van der Waals surface area (Å²) in [5.41, 5.74) is 0.516. The molecule has 3 heterocycles. The molecule has 0 aromatic carbocycles. The van der Waals surface area contributed by atoms with Gasteiger partial charge in [0.1, 0.15) is 11.5 Å². The monoisotopic (exact) mass is 465 g/mol. The van der Waals surface area contributed by atoms with E-state index in [0.29, 0.717) is 11.6 Å². The number of thiophene rings is 2. The molecule has 1 atom stereocenters. The van der Waals surface area contributed by atoms with Crippen LogP contribution >= 0.6 is 22.7 Å². The van der Waals surface area contributed by atoms with Gasteiger partial charge in [-0.25, -0.2) is 4.99 Å². The van der Waals surface area contributed by atoms with Crippen LogP contribution in [0.3, 0.4) is 0 Å². The predicted octanol–water partition coefficient (Wildman–Crippen LogP) is 5.08. The first-order chi connectivity index (χ1) is 14.7.